The Labute approximate surface area is 172 Å². The third-order valence-corrected chi connectivity index (χ3v) is 5.21. The van der Waals surface area contributed by atoms with Crippen molar-refractivity contribution in [2.45, 2.75) is 20.8 Å². The molecule has 2 aromatic carbocycles. The zero-order valence-corrected chi connectivity index (χ0v) is 17.4. The molecule has 2 aromatic rings. The summed E-state index contributed by atoms with van der Waals surface area (Å²) in [5.74, 6) is 0.294. The molecule has 1 N–H and O–H groups in total. The third kappa shape index (κ3) is 4.88. The Morgan fingerprint density at radius 3 is 2.17 bits per heavy atom. The van der Waals surface area contributed by atoms with Crippen LogP contribution in [0.25, 0.3) is 0 Å². The number of amides is 2. The van der Waals surface area contributed by atoms with Gasteiger partial charge in [-0.3, -0.25) is 9.59 Å². The van der Waals surface area contributed by atoms with Crippen molar-refractivity contribution in [3.63, 3.8) is 0 Å². The minimum atomic E-state index is -1.15. The highest BCUT2D eigenvalue weighted by Gasteiger charge is 2.40. The van der Waals surface area contributed by atoms with E-state index in [4.69, 9.17) is 4.74 Å². The van der Waals surface area contributed by atoms with Crippen molar-refractivity contribution >= 4 is 23.2 Å². The van der Waals surface area contributed by atoms with E-state index in [0.717, 1.165) is 24.5 Å². The summed E-state index contributed by atoms with van der Waals surface area (Å²) in [5.41, 5.74) is 0.661. The number of para-hydroxylation sites is 1. The Morgan fingerprint density at radius 2 is 1.59 bits per heavy atom. The summed E-state index contributed by atoms with van der Waals surface area (Å²) in [6.45, 7) is 8.60. The molecule has 154 valence electrons. The van der Waals surface area contributed by atoms with Crippen LogP contribution < -0.4 is 15.0 Å². The second kappa shape index (κ2) is 8.99. The summed E-state index contributed by atoms with van der Waals surface area (Å²) < 4.78 is 5.41. The summed E-state index contributed by atoms with van der Waals surface area (Å²) in [6.07, 6.45) is 0. The minimum Gasteiger partial charge on any atom is -0.494 e. The van der Waals surface area contributed by atoms with Gasteiger partial charge in [0.2, 0.25) is 11.8 Å². The van der Waals surface area contributed by atoms with Crippen LogP contribution in [0.4, 0.5) is 11.4 Å². The topological polar surface area (TPSA) is 61.9 Å². The maximum atomic E-state index is 13.1. The summed E-state index contributed by atoms with van der Waals surface area (Å²) in [5, 5.41) is 2.85. The molecule has 0 bridgehead atoms. The van der Waals surface area contributed by atoms with Crippen LogP contribution in [0, 0.1) is 5.41 Å². The van der Waals surface area contributed by atoms with Crippen LogP contribution in [0.1, 0.15) is 20.8 Å². The van der Waals surface area contributed by atoms with Crippen LogP contribution in [-0.2, 0) is 9.59 Å². The predicted molar refractivity (Wildman–Crippen MR) is 115 cm³/mol. The molecule has 6 nitrogen and oxygen atoms in total. The van der Waals surface area contributed by atoms with Gasteiger partial charge in [0.05, 0.1) is 6.61 Å². The molecular formula is C23H29N3O3. The molecule has 0 unspecified atom stereocenters. The van der Waals surface area contributed by atoms with Gasteiger partial charge in [0.25, 0.3) is 0 Å². The highest BCUT2D eigenvalue weighted by molar-refractivity contribution is 6.09. The number of nitrogens with zero attached hydrogens (tertiary/aromatic N) is 2. The number of piperazine rings is 1. The molecule has 29 heavy (non-hydrogen) atoms. The standard InChI is InChI=1S/C23H29N3O3/c1-4-29-20-12-10-18(11-13-20)24-21(27)23(2,3)22(28)26-16-14-25(15-17-26)19-8-6-5-7-9-19/h5-13H,4,14-17H2,1-3H3,(H,24,27). The number of rotatable bonds is 6. The van der Waals surface area contributed by atoms with Crippen molar-refractivity contribution in [3.8, 4) is 5.75 Å². The summed E-state index contributed by atoms with van der Waals surface area (Å²) in [7, 11) is 0. The fraction of sp³-hybridized carbons (Fsp3) is 0.391. The van der Waals surface area contributed by atoms with Gasteiger partial charge in [0.15, 0.2) is 0 Å². The van der Waals surface area contributed by atoms with Crippen molar-refractivity contribution in [1.29, 1.82) is 0 Å². The smallest absolute Gasteiger partial charge is 0.239 e. The molecule has 3 rings (SSSR count). The van der Waals surface area contributed by atoms with Gasteiger partial charge in [-0.05, 0) is 57.2 Å². The third-order valence-electron chi connectivity index (χ3n) is 5.21. The fourth-order valence-corrected chi connectivity index (χ4v) is 3.39. The Hall–Kier alpha value is -3.02. The first kappa shape index (κ1) is 20.7. The predicted octanol–water partition coefficient (Wildman–Crippen LogP) is 3.40. The SMILES string of the molecule is CCOc1ccc(NC(=O)C(C)(C)C(=O)N2CCN(c3ccccc3)CC2)cc1. The Morgan fingerprint density at radius 1 is 0.966 bits per heavy atom. The van der Waals surface area contributed by atoms with Gasteiger partial charge in [-0.2, -0.15) is 0 Å². The number of carbonyl (C=O) groups excluding carboxylic acids is 2. The molecule has 0 spiro atoms. The van der Waals surface area contributed by atoms with E-state index >= 15 is 0 Å². The van der Waals surface area contributed by atoms with Crippen molar-refractivity contribution in [2.24, 2.45) is 5.41 Å². The summed E-state index contributed by atoms with van der Waals surface area (Å²) >= 11 is 0. The number of ether oxygens (including phenoxy) is 1. The van der Waals surface area contributed by atoms with Crippen LogP contribution in [0.2, 0.25) is 0 Å². The molecule has 0 aliphatic carbocycles. The lowest BCUT2D eigenvalue weighted by molar-refractivity contribution is -0.146. The molecule has 0 atom stereocenters. The lowest BCUT2D eigenvalue weighted by atomic mass is 9.89. The van der Waals surface area contributed by atoms with Crippen molar-refractivity contribution < 1.29 is 14.3 Å². The largest absolute Gasteiger partial charge is 0.494 e. The molecule has 1 saturated heterocycles. The van der Waals surface area contributed by atoms with Crippen molar-refractivity contribution in [1.82, 2.24) is 4.90 Å². The number of benzene rings is 2. The van der Waals surface area contributed by atoms with Gasteiger partial charge < -0.3 is 19.9 Å². The van der Waals surface area contributed by atoms with Crippen LogP contribution in [0.15, 0.2) is 54.6 Å². The average Bonchev–Trinajstić information content (AvgIpc) is 2.75. The van der Waals surface area contributed by atoms with Gasteiger partial charge in [-0.15, -0.1) is 0 Å². The van der Waals surface area contributed by atoms with E-state index in [2.05, 4.69) is 22.3 Å². The van der Waals surface area contributed by atoms with Gasteiger partial charge in [-0.25, -0.2) is 0 Å². The first-order valence-electron chi connectivity index (χ1n) is 10.1. The molecule has 1 fully saturated rings. The minimum absolute atomic E-state index is 0.145. The van der Waals surface area contributed by atoms with E-state index in [1.54, 1.807) is 43.0 Å². The zero-order valence-electron chi connectivity index (χ0n) is 17.4. The van der Waals surface area contributed by atoms with E-state index in [1.807, 2.05) is 25.1 Å². The molecule has 2 amide bonds. The van der Waals surface area contributed by atoms with E-state index in [-0.39, 0.29) is 11.8 Å². The van der Waals surface area contributed by atoms with E-state index in [9.17, 15) is 9.59 Å². The molecule has 1 aliphatic heterocycles. The molecule has 0 radical (unpaired) electrons. The van der Waals surface area contributed by atoms with E-state index in [0.29, 0.717) is 25.4 Å². The second-order valence-electron chi connectivity index (χ2n) is 7.65. The van der Waals surface area contributed by atoms with Crippen LogP contribution >= 0.6 is 0 Å². The Kier molecular flexibility index (Phi) is 6.42. The maximum absolute atomic E-state index is 13.1. The summed E-state index contributed by atoms with van der Waals surface area (Å²) in [4.78, 5) is 29.9. The Balaban J connectivity index is 1.58. The number of anilines is 2. The molecular weight excluding hydrogens is 366 g/mol. The van der Waals surface area contributed by atoms with Gasteiger partial charge in [0.1, 0.15) is 11.2 Å². The van der Waals surface area contributed by atoms with Crippen molar-refractivity contribution in [3.05, 3.63) is 54.6 Å². The van der Waals surface area contributed by atoms with Gasteiger partial charge >= 0.3 is 0 Å². The number of hydrogen-bond donors (Lipinski definition) is 1. The van der Waals surface area contributed by atoms with Crippen LogP contribution in [-0.4, -0.2) is 49.5 Å². The summed E-state index contributed by atoms with van der Waals surface area (Å²) in [6, 6.07) is 17.3. The molecule has 0 saturated carbocycles. The quantitative estimate of drug-likeness (QED) is 0.762. The first-order valence-corrected chi connectivity index (χ1v) is 10.1. The number of carbonyl (C=O) groups is 2. The van der Waals surface area contributed by atoms with Crippen LogP contribution in [0.5, 0.6) is 5.75 Å². The highest BCUT2D eigenvalue weighted by Crippen LogP contribution is 2.25. The fourth-order valence-electron chi connectivity index (χ4n) is 3.39. The maximum Gasteiger partial charge on any atom is 0.239 e. The van der Waals surface area contributed by atoms with Crippen LogP contribution in [0.3, 0.4) is 0 Å². The molecule has 1 aliphatic rings. The van der Waals surface area contributed by atoms with Gasteiger partial charge in [-0.1, -0.05) is 18.2 Å². The monoisotopic (exact) mass is 395 g/mol. The lowest BCUT2D eigenvalue weighted by Gasteiger charge is -2.39. The second-order valence-corrected chi connectivity index (χ2v) is 7.65. The highest BCUT2D eigenvalue weighted by atomic mass is 16.5. The van der Waals surface area contributed by atoms with Gasteiger partial charge in [0, 0.05) is 37.6 Å². The molecule has 6 heteroatoms. The van der Waals surface area contributed by atoms with E-state index in [1.165, 1.54) is 0 Å². The first-order chi connectivity index (χ1) is 13.9. The zero-order chi connectivity index (χ0) is 20.9. The Bertz CT molecular complexity index is 826. The van der Waals surface area contributed by atoms with E-state index < -0.39 is 5.41 Å². The molecule has 1 heterocycles. The normalized spacial score (nSPS) is 14.4. The number of nitrogens with one attached hydrogen (secondary N) is 1. The number of hydrogen-bond acceptors (Lipinski definition) is 4. The lowest BCUT2D eigenvalue weighted by Crippen LogP contribution is -2.54. The molecule has 0 aromatic heterocycles. The average molecular weight is 396 g/mol. The van der Waals surface area contributed by atoms with Crippen molar-refractivity contribution in [2.75, 3.05) is 43.0 Å².